The van der Waals surface area contributed by atoms with Crippen LogP contribution in [0.4, 0.5) is 0 Å². The molecule has 18 heavy (non-hydrogen) atoms. The number of aliphatic hydroxyl groups is 1. The molecule has 1 heterocycles. The van der Waals surface area contributed by atoms with Crippen LogP contribution in [0.15, 0.2) is 34.9 Å². The van der Waals surface area contributed by atoms with Crippen molar-refractivity contribution < 1.29 is 5.11 Å². The molecule has 1 aromatic carbocycles. The summed E-state index contributed by atoms with van der Waals surface area (Å²) >= 11 is 3.55. The molecule has 0 saturated heterocycles. The summed E-state index contributed by atoms with van der Waals surface area (Å²) in [7, 11) is 2.01. The number of hydrogen-bond acceptors (Lipinski definition) is 3. The summed E-state index contributed by atoms with van der Waals surface area (Å²) in [5.74, 6) is 0. The summed E-state index contributed by atoms with van der Waals surface area (Å²) in [5.41, 5.74) is 2.19. The highest BCUT2D eigenvalue weighted by Gasteiger charge is 2.11. The van der Waals surface area contributed by atoms with Crippen LogP contribution >= 0.6 is 15.9 Å². The lowest BCUT2D eigenvalue weighted by Crippen LogP contribution is -2.31. The summed E-state index contributed by atoms with van der Waals surface area (Å²) < 4.78 is 1.06. The molecule has 0 amide bonds. The summed E-state index contributed by atoms with van der Waals surface area (Å²) in [6.07, 6.45) is 1.81. The third-order valence-electron chi connectivity index (χ3n) is 3.24. The Morgan fingerprint density at radius 3 is 2.89 bits per heavy atom. The van der Waals surface area contributed by atoms with E-state index in [-0.39, 0.29) is 12.6 Å². The van der Waals surface area contributed by atoms with Crippen molar-refractivity contribution in [2.45, 2.75) is 19.5 Å². The number of likely N-dealkylation sites (N-methyl/N-ethyl adjacent to an activating group) is 1. The van der Waals surface area contributed by atoms with E-state index < -0.39 is 0 Å². The van der Waals surface area contributed by atoms with Crippen LogP contribution in [0.3, 0.4) is 0 Å². The van der Waals surface area contributed by atoms with Gasteiger partial charge in [0, 0.05) is 28.6 Å². The van der Waals surface area contributed by atoms with Crippen molar-refractivity contribution in [2.75, 3.05) is 13.7 Å². The van der Waals surface area contributed by atoms with Gasteiger partial charge in [0.1, 0.15) is 0 Å². The number of fused-ring (bicyclic) bond motifs is 1. The molecule has 0 bridgehead atoms. The number of rotatable bonds is 4. The maximum Gasteiger partial charge on any atom is 0.0758 e. The lowest BCUT2D eigenvalue weighted by Gasteiger charge is -2.23. The van der Waals surface area contributed by atoms with Gasteiger partial charge < -0.3 is 5.11 Å². The monoisotopic (exact) mass is 308 g/mol. The van der Waals surface area contributed by atoms with E-state index in [4.69, 9.17) is 0 Å². The Morgan fingerprint density at radius 1 is 1.39 bits per heavy atom. The van der Waals surface area contributed by atoms with Gasteiger partial charge in [-0.1, -0.05) is 28.1 Å². The van der Waals surface area contributed by atoms with E-state index in [0.717, 1.165) is 21.9 Å². The van der Waals surface area contributed by atoms with Gasteiger partial charge in [-0.05, 0) is 31.7 Å². The SMILES string of the molecule is CC(CO)N(C)Cc1ccc(Br)c2cccnc12. The average molecular weight is 309 g/mol. The molecule has 0 spiro atoms. The zero-order chi connectivity index (χ0) is 13.1. The van der Waals surface area contributed by atoms with E-state index in [0.29, 0.717) is 0 Å². The second kappa shape index (κ2) is 5.78. The first-order valence-corrected chi connectivity index (χ1v) is 6.76. The van der Waals surface area contributed by atoms with E-state index in [2.05, 4.69) is 44.0 Å². The molecule has 1 atom stereocenters. The van der Waals surface area contributed by atoms with Gasteiger partial charge in [-0.25, -0.2) is 0 Å². The topological polar surface area (TPSA) is 36.4 Å². The second-order valence-electron chi connectivity index (χ2n) is 4.55. The highest BCUT2D eigenvalue weighted by molar-refractivity contribution is 9.10. The van der Waals surface area contributed by atoms with E-state index in [1.165, 1.54) is 5.56 Å². The lowest BCUT2D eigenvalue weighted by atomic mass is 10.1. The van der Waals surface area contributed by atoms with Gasteiger partial charge in [-0.15, -0.1) is 0 Å². The van der Waals surface area contributed by atoms with Crippen molar-refractivity contribution in [3.05, 3.63) is 40.5 Å². The summed E-state index contributed by atoms with van der Waals surface area (Å²) in [6.45, 7) is 2.95. The summed E-state index contributed by atoms with van der Waals surface area (Å²) in [4.78, 5) is 6.58. The molecule has 0 aliphatic rings. The second-order valence-corrected chi connectivity index (χ2v) is 5.41. The molecule has 1 unspecified atom stereocenters. The number of nitrogens with zero attached hydrogens (tertiary/aromatic N) is 2. The van der Waals surface area contributed by atoms with Crippen LogP contribution in [0.2, 0.25) is 0 Å². The quantitative estimate of drug-likeness (QED) is 0.943. The third kappa shape index (κ3) is 2.71. The Morgan fingerprint density at radius 2 is 2.17 bits per heavy atom. The van der Waals surface area contributed by atoms with Gasteiger partial charge in [0.25, 0.3) is 0 Å². The maximum absolute atomic E-state index is 9.18. The number of aliphatic hydroxyl groups excluding tert-OH is 1. The van der Waals surface area contributed by atoms with Crippen LogP contribution in [0.25, 0.3) is 10.9 Å². The molecule has 4 heteroatoms. The molecule has 0 aliphatic heterocycles. The predicted molar refractivity (Wildman–Crippen MR) is 77.5 cm³/mol. The first-order chi connectivity index (χ1) is 8.63. The van der Waals surface area contributed by atoms with E-state index >= 15 is 0 Å². The first kappa shape index (κ1) is 13.5. The highest BCUT2D eigenvalue weighted by atomic mass is 79.9. The largest absolute Gasteiger partial charge is 0.395 e. The van der Waals surface area contributed by atoms with Gasteiger partial charge in [-0.2, -0.15) is 0 Å². The average Bonchev–Trinajstić information content (AvgIpc) is 2.41. The Hall–Kier alpha value is -0.970. The van der Waals surface area contributed by atoms with Gasteiger partial charge >= 0.3 is 0 Å². The standard InChI is InChI=1S/C14H17BrN2O/c1-10(9-18)17(2)8-11-5-6-13(15)12-4-3-7-16-14(11)12/h3-7,10,18H,8-9H2,1-2H3. The van der Waals surface area contributed by atoms with E-state index in [1.54, 1.807) is 0 Å². The Bertz CT molecular complexity index is 544. The van der Waals surface area contributed by atoms with Gasteiger partial charge in [-0.3, -0.25) is 9.88 Å². The molecule has 2 aromatic rings. The fourth-order valence-corrected chi connectivity index (χ4v) is 2.34. The molecule has 96 valence electrons. The smallest absolute Gasteiger partial charge is 0.0758 e. The minimum Gasteiger partial charge on any atom is -0.395 e. The van der Waals surface area contributed by atoms with Crippen molar-refractivity contribution >= 4 is 26.8 Å². The molecular weight excluding hydrogens is 292 g/mol. The Kier molecular flexibility index (Phi) is 4.32. The lowest BCUT2D eigenvalue weighted by molar-refractivity contribution is 0.154. The normalized spacial score (nSPS) is 13.2. The van der Waals surface area contributed by atoms with Crippen LogP contribution in [0, 0.1) is 0 Å². The van der Waals surface area contributed by atoms with Crippen LogP contribution in [-0.2, 0) is 6.54 Å². The first-order valence-electron chi connectivity index (χ1n) is 5.96. The van der Waals surface area contributed by atoms with Gasteiger partial charge in [0.15, 0.2) is 0 Å². The van der Waals surface area contributed by atoms with Crippen molar-refractivity contribution in [3.8, 4) is 0 Å². The zero-order valence-corrected chi connectivity index (χ0v) is 12.2. The molecule has 0 saturated carbocycles. The number of hydrogen-bond donors (Lipinski definition) is 1. The molecule has 0 aliphatic carbocycles. The van der Waals surface area contributed by atoms with Crippen molar-refractivity contribution in [2.24, 2.45) is 0 Å². The minimum absolute atomic E-state index is 0.146. The van der Waals surface area contributed by atoms with Gasteiger partial charge in [0.05, 0.1) is 12.1 Å². The Labute approximate surface area is 116 Å². The zero-order valence-electron chi connectivity index (χ0n) is 10.6. The van der Waals surface area contributed by atoms with E-state index in [9.17, 15) is 5.11 Å². The number of halogens is 1. The maximum atomic E-state index is 9.18. The highest BCUT2D eigenvalue weighted by Crippen LogP contribution is 2.26. The van der Waals surface area contributed by atoms with Crippen molar-refractivity contribution in [1.82, 2.24) is 9.88 Å². The fourth-order valence-electron chi connectivity index (χ4n) is 1.89. The van der Waals surface area contributed by atoms with Crippen LogP contribution < -0.4 is 0 Å². The van der Waals surface area contributed by atoms with Crippen molar-refractivity contribution in [1.29, 1.82) is 0 Å². The molecule has 3 nitrogen and oxygen atoms in total. The van der Waals surface area contributed by atoms with Crippen LogP contribution in [0.1, 0.15) is 12.5 Å². The molecule has 1 aromatic heterocycles. The number of benzene rings is 1. The molecule has 2 rings (SSSR count). The fraction of sp³-hybridized carbons (Fsp3) is 0.357. The minimum atomic E-state index is 0.146. The summed E-state index contributed by atoms with van der Waals surface area (Å²) in [6, 6.07) is 8.28. The van der Waals surface area contributed by atoms with E-state index in [1.807, 2.05) is 26.2 Å². The molecule has 1 N–H and O–H groups in total. The summed E-state index contributed by atoms with van der Waals surface area (Å²) in [5, 5.41) is 10.3. The predicted octanol–water partition coefficient (Wildman–Crippen LogP) is 2.81. The molecule has 0 fully saturated rings. The number of aromatic nitrogens is 1. The molecule has 0 radical (unpaired) electrons. The number of pyridine rings is 1. The molecular formula is C14H17BrN2O. The van der Waals surface area contributed by atoms with Gasteiger partial charge in [0.2, 0.25) is 0 Å². The third-order valence-corrected chi connectivity index (χ3v) is 3.93. The van der Waals surface area contributed by atoms with Crippen LogP contribution in [0.5, 0.6) is 0 Å². The van der Waals surface area contributed by atoms with Crippen LogP contribution in [-0.4, -0.2) is 34.7 Å². The van der Waals surface area contributed by atoms with Crippen molar-refractivity contribution in [3.63, 3.8) is 0 Å². The Balaban J connectivity index is 2.37.